The quantitative estimate of drug-likeness (QED) is 0.273. The van der Waals surface area contributed by atoms with Gasteiger partial charge in [0.2, 0.25) is 0 Å². The number of aromatic nitrogens is 5. The van der Waals surface area contributed by atoms with Crippen molar-refractivity contribution in [2.75, 3.05) is 6.54 Å². The summed E-state index contributed by atoms with van der Waals surface area (Å²) in [5.74, 6) is -1.26. The number of hydrogen-bond acceptors (Lipinski definition) is 6. The van der Waals surface area contributed by atoms with E-state index >= 15 is 0 Å². The highest BCUT2D eigenvalue weighted by Crippen LogP contribution is 2.12. The zero-order valence-corrected chi connectivity index (χ0v) is 19.6. The van der Waals surface area contributed by atoms with E-state index in [-0.39, 0.29) is 23.2 Å². The van der Waals surface area contributed by atoms with Crippen LogP contribution in [0, 0.1) is 12.3 Å². The minimum atomic E-state index is -0.833. The van der Waals surface area contributed by atoms with Crippen molar-refractivity contribution in [3.8, 4) is 0 Å². The number of hydrogen-bond donors (Lipinski definition) is 3. The van der Waals surface area contributed by atoms with Crippen LogP contribution >= 0.6 is 0 Å². The summed E-state index contributed by atoms with van der Waals surface area (Å²) in [5, 5.41) is 19.1. The molecular weight excluding hydrogens is 450 g/mol. The molecule has 182 valence electrons. The molecule has 4 heterocycles. The molecule has 0 aliphatic carbocycles. The molecule has 4 aromatic heterocycles. The Balaban J connectivity index is 0.000000795. The zero-order chi connectivity index (χ0) is 25.5. The van der Waals surface area contributed by atoms with Gasteiger partial charge in [0.15, 0.2) is 0 Å². The summed E-state index contributed by atoms with van der Waals surface area (Å²) >= 11 is 0. The van der Waals surface area contributed by atoms with Crippen molar-refractivity contribution < 1.29 is 14.7 Å². The molecule has 0 saturated carbocycles. The van der Waals surface area contributed by atoms with E-state index < -0.39 is 11.9 Å². The van der Waals surface area contributed by atoms with Gasteiger partial charge in [-0.2, -0.15) is 0 Å². The third-order valence-corrected chi connectivity index (χ3v) is 5.06. The Morgan fingerprint density at radius 2 is 2.03 bits per heavy atom. The molecule has 0 fully saturated rings. The maximum atomic E-state index is 13.2. The van der Waals surface area contributed by atoms with Crippen molar-refractivity contribution in [2.45, 2.75) is 33.4 Å². The summed E-state index contributed by atoms with van der Waals surface area (Å²) in [5.41, 5.74) is 1.68. The summed E-state index contributed by atoms with van der Waals surface area (Å²) in [6, 6.07) is 5.13. The number of carbonyl (C=O) groups is 2. The minimum absolute atomic E-state index is 0.0167. The molecule has 35 heavy (non-hydrogen) atoms. The summed E-state index contributed by atoms with van der Waals surface area (Å²) in [4.78, 5) is 43.6. The number of fused-ring (bicyclic) bond motifs is 2. The fraction of sp³-hybridized carbons (Fsp3) is 0.250. The standard InChI is InChI=1S/C22H23N7O2.C2H4O2/c1-3-7-25-21(30)16-12-17-20(26-18-6-5-15(2)13-29(18)22(17)31)28(19(16)23)10-4-9-27-11-8-24-14-27;1-2(3)4/h3,5-6,8,11-14,23H,1,4,7,9-10H2,2H3,(H,25,30);1H3,(H,3,4). The number of aliphatic carboxylic acids is 1. The van der Waals surface area contributed by atoms with Gasteiger partial charge in [0.25, 0.3) is 17.4 Å². The van der Waals surface area contributed by atoms with Gasteiger partial charge in [-0.3, -0.25) is 24.2 Å². The lowest BCUT2D eigenvalue weighted by molar-refractivity contribution is -0.134. The van der Waals surface area contributed by atoms with Crippen molar-refractivity contribution in [3.63, 3.8) is 0 Å². The predicted octanol–water partition coefficient (Wildman–Crippen LogP) is 1.73. The smallest absolute Gasteiger partial charge is 0.300 e. The molecule has 0 spiro atoms. The number of amides is 1. The van der Waals surface area contributed by atoms with E-state index in [9.17, 15) is 9.59 Å². The van der Waals surface area contributed by atoms with Gasteiger partial charge in [-0.05, 0) is 31.0 Å². The Morgan fingerprint density at radius 3 is 2.69 bits per heavy atom. The molecule has 0 bridgehead atoms. The Morgan fingerprint density at radius 1 is 1.29 bits per heavy atom. The molecule has 0 radical (unpaired) electrons. The van der Waals surface area contributed by atoms with Crippen LogP contribution in [0.4, 0.5) is 0 Å². The first kappa shape index (κ1) is 25.1. The molecule has 0 aliphatic heterocycles. The Kier molecular flexibility index (Phi) is 7.92. The Labute approximate surface area is 200 Å². The number of rotatable bonds is 7. The van der Waals surface area contributed by atoms with Gasteiger partial charge in [0.05, 0.1) is 17.3 Å². The summed E-state index contributed by atoms with van der Waals surface area (Å²) in [6.45, 7) is 7.96. The number of pyridine rings is 2. The van der Waals surface area contributed by atoms with Crippen LogP contribution in [0.5, 0.6) is 0 Å². The Bertz CT molecular complexity index is 1500. The average Bonchev–Trinajstić information content (AvgIpc) is 3.33. The van der Waals surface area contributed by atoms with Crippen LogP contribution in [-0.4, -0.2) is 47.0 Å². The third-order valence-electron chi connectivity index (χ3n) is 5.06. The number of nitrogens with one attached hydrogen (secondary N) is 2. The summed E-state index contributed by atoms with van der Waals surface area (Å²) in [7, 11) is 0. The first-order valence-corrected chi connectivity index (χ1v) is 10.9. The van der Waals surface area contributed by atoms with Crippen molar-refractivity contribution in [2.24, 2.45) is 0 Å². The fourth-order valence-electron chi connectivity index (χ4n) is 3.52. The topological polar surface area (TPSA) is 147 Å². The molecular formula is C24H27N7O4. The summed E-state index contributed by atoms with van der Waals surface area (Å²) < 4.78 is 5.05. The number of imidazole rings is 1. The van der Waals surface area contributed by atoms with Gasteiger partial charge < -0.3 is 19.6 Å². The van der Waals surface area contributed by atoms with Gasteiger partial charge in [0, 0.05) is 45.1 Å². The molecule has 0 saturated heterocycles. The van der Waals surface area contributed by atoms with E-state index in [0.29, 0.717) is 36.2 Å². The lowest BCUT2D eigenvalue weighted by atomic mass is 10.2. The maximum absolute atomic E-state index is 13.2. The molecule has 11 heteroatoms. The minimum Gasteiger partial charge on any atom is -0.481 e. The lowest BCUT2D eigenvalue weighted by Gasteiger charge is -2.15. The molecule has 4 rings (SSSR count). The van der Waals surface area contributed by atoms with Crippen molar-refractivity contribution >= 4 is 28.6 Å². The molecule has 1 amide bonds. The number of nitrogens with zero attached hydrogens (tertiary/aromatic N) is 5. The first-order chi connectivity index (χ1) is 16.7. The van der Waals surface area contributed by atoms with Gasteiger partial charge in [-0.25, -0.2) is 9.97 Å². The van der Waals surface area contributed by atoms with Crippen LogP contribution < -0.4 is 16.4 Å². The first-order valence-electron chi connectivity index (χ1n) is 10.9. The van der Waals surface area contributed by atoms with Crippen molar-refractivity contribution in [1.29, 1.82) is 5.41 Å². The monoisotopic (exact) mass is 477 g/mol. The van der Waals surface area contributed by atoms with Gasteiger partial charge >= 0.3 is 0 Å². The second kappa shape index (κ2) is 11.1. The summed E-state index contributed by atoms with van der Waals surface area (Å²) in [6.07, 6.45) is 9.26. The van der Waals surface area contributed by atoms with E-state index in [4.69, 9.17) is 15.3 Å². The molecule has 4 aromatic rings. The van der Waals surface area contributed by atoms with Gasteiger partial charge in [0.1, 0.15) is 16.8 Å². The lowest BCUT2D eigenvalue weighted by Crippen LogP contribution is -2.35. The second-order valence-corrected chi connectivity index (χ2v) is 7.82. The number of carbonyl (C=O) groups excluding carboxylic acids is 1. The molecule has 0 aliphatic rings. The van der Waals surface area contributed by atoms with Crippen LogP contribution in [-0.2, 0) is 17.9 Å². The maximum Gasteiger partial charge on any atom is 0.300 e. The van der Waals surface area contributed by atoms with Crippen LogP contribution in [0.3, 0.4) is 0 Å². The molecule has 0 atom stereocenters. The zero-order valence-electron chi connectivity index (χ0n) is 19.6. The second-order valence-electron chi connectivity index (χ2n) is 7.82. The van der Waals surface area contributed by atoms with Gasteiger partial charge in [-0.15, -0.1) is 6.58 Å². The highest BCUT2D eigenvalue weighted by atomic mass is 16.4. The van der Waals surface area contributed by atoms with Crippen molar-refractivity contribution in [3.05, 3.63) is 82.7 Å². The number of carboxylic acid groups (broad SMARTS) is 1. The largest absolute Gasteiger partial charge is 0.481 e. The van der Waals surface area contributed by atoms with E-state index in [1.54, 1.807) is 35.4 Å². The van der Waals surface area contributed by atoms with Gasteiger partial charge in [-0.1, -0.05) is 12.1 Å². The normalized spacial score (nSPS) is 10.6. The molecule has 11 nitrogen and oxygen atoms in total. The van der Waals surface area contributed by atoms with E-state index in [0.717, 1.165) is 12.5 Å². The highest BCUT2D eigenvalue weighted by Gasteiger charge is 2.17. The van der Waals surface area contributed by atoms with Crippen molar-refractivity contribution in [1.82, 2.24) is 28.8 Å². The number of carboxylic acids is 1. The fourth-order valence-corrected chi connectivity index (χ4v) is 3.52. The van der Waals surface area contributed by atoms with Crippen LogP contribution in [0.15, 0.2) is 60.6 Å². The van der Waals surface area contributed by atoms with Crippen LogP contribution in [0.2, 0.25) is 0 Å². The highest BCUT2D eigenvalue weighted by molar-refractivity contribution is 5.96. The van der Waals surface area contributed by atoms with Crippen LogP contribution in [0.25, 0.3) is 16.7 Å². The SMILES string of the molecule is C=CCNC(=O)c1cc2c(=O)n3cc(C)ccc3nc2n(CCCn2ccnc2)c1=N.CC(=O)O. The molecule has 0 unspecified atom stereocenters. The molecule has 0 aromatic carbocycles. The van der Waals surface area contributed by atoms with Crippen LogP contribution in [0.1, 0.15) is 29.3 Å². The third kappa shape index (κ3) is 5.88. The van der Waals surface area contributed by atoms with E-state index in [1.165, 1.54) is 10.5 Å². The molecule has 3 N–H and O–H groups in total. The predicted molar refractivity (Wildman–Crippen MR) is 130 cm³/mol. The Hall–Kier alpha value is -4.54. The number of aryl methyl sites for hydroxylation is 3. The van der Waals surface area contributed by atoms with E-state index in [2.05, 4.69) is 21.9 Å². The average molecular weight is 478 g/mol. The van der Waals surface area contributed by atoms with E-state index in [1.807, 2.05) is 23.8 Å².